The van der Waals surface area contributed by atoms with Crippen LogP contribution < -0.4 is 0 Å². The molecular weight excluding hydrogens is 468 g/mol. The van der Waals surface area contributed by atoms with Crippen LogP contribution in [0.15, 0.2) is 11.6 Å². The van der Waals surface area contributed by atoms with Gasteiger partial charge in [-0.2, -0.15) is 8.42 Å². The Labute approximate surface area is 208 Å². The molecule has 2 fully saturated rings. The van der Waals surface area contributed by atoms with Crippen molar-refractivity contribution in [1.29, 1.82) is 0 Å². The van der Waals surface area contributed by atoms with Crippen molar-refractivity contribution < 1.29 is 26.6 Å². The third-order valence-corrected chi connectivity index (χ3v) is 14.7. The number of ether oxygens (including phenoxy) is 1. The first-order valence-corrected chi connectivity index (χ1v) is 17.5. The van der Waals surface area contributed by atoms with Crippen LogP contribution in [-0.2, 0) is 28.3 Å². The van der Waals surface area contributed by atoms with Crippen molar-refractivity contribution in [2.75, 3.05) is 13.4 Å². The fourth-order valence-electron chi connectivity index (χ4n) is 6.90. The summed E-state index contributed by atoms with van der Waals surface area (Å²) in [5, 5.41) is 0.0391. The van der Waals surface area contributed by atoms with Gasteiger partial charge in [-0.15, -0.1) is 0 Å². The Morgan fingerprint density at radius 1 is 1.18 bits per heavy atom. The molecule has 2 saturated carbocycles. The lowest BCUT2D eigenvalue weighted by Gasteiger charge is -2.55. The topological polar surface area (TPSA) is 78.9 Å². The standard InChI is InChI=1S/C26H46O6SSi/c1-16-11-12-20-18(13-16)22(31-33(8,28)29)14-21-23(17(2)32-34(9,10)25(3,4)5)19(24(27)30-7)15-26(20,21)6/h15-18,20-23H,11-14H2,1-10H3/t16-,17+,18-,20-,21+,22-,23-,26+/m1/s1. The lowest BCUT2D eigenvalue weighted by molar-refractivity contribution is -0.137. The lowest BCUT2D eigenvalue weighted by Crippen LogP contribution is -2.54. The highest BCUT2D eigenvalue weighted by molar-refractivity contribution is 7.86. The Morgan fingerprint density at radius 2 is 1.79 bits per heavy atom. The van der Waals surface area contributed by atoms with Crippen molar-refractivity contribution in [2.24, 2.45) is 35.0 Å². The van der Waals surface area contributed by atoms with Crippen LogP contribution in [0, 0.1) is 35.0 Å². The molecule has 0 radical (unpaired) electrons. The van der Waals surface area contributed by atoms with E-state index < -0.39 is 18.4 Å². The molecule has 0 aromatic carbocycles. The van der Waals surface area contributed by atoms with E-state index in [0.717, 1.165) is 25.5 Å². The minimum Gasteiger partial charge on any atom is -0.466 e. The normalized spacial score (nSPS) is 37.4. The molecule has 34 heavy (non-hydrogen) atoms. The van der Waals surface area contributed by atoms with Gasteiger partial charge in [-0.1, -0.05) is 47.1 Å². The second-order valence-corrected chi connectivity index (χ2v) is 19.3. The summed E-state index contributed by atoms with van der Waals surface area (Å²) >= 11 is 0. The number of esters is 1. The maximum Gasteiger partial charge on any atom is 0.333 e. The summed E-state index contributed by atoms with van der Waals surface area (Å²) in [7, 11) is -4.25. The van der Waals surface area contributed by atoms with E-state index in [1.165, 1.54) is 7.11 Å². The largest absolute Gasteiger partial charge is 0.466 e. The molecule has 3 aliphatic carbocycles. The van der Waals surface area contributed by atoms with E-state index in [2.05, 4.69) is 60.7 Å². The average molecular weight is 515 g/mol. The number of allylic oxidation sites excluding steroid dienone is 1. The van der Waals surface area contributed by atoms with E-state index in [0.29, 0.717) is 17.9 Å². The summed E-state index contributed by atoms with van der Waals surface area (Å²) in [6.45, 7) is 17.7. The van der Waals surface area contributed by atoms with Crippen LogP contribution in [0.2, 0.25) is 18.1 Å². The first-order valence-electron chi connectivity index (χ1n) is 12.8. The monoisotopic (exact) mass is 514 g/mol. The van der Waals surface area contributed by atoms with Gasteiger partial charge in [-0.05, 0) is 73.4 Å². The predicted octanol–water partition coefficient (Wildman–Crippen LogP) is 5.55. The van der Waals surface area contributed by atoms with Crippen LogP contribution in [0.5, 0.6) is 0 Å². The second kappa shape index (κ2) is 9.31. The molecule has 3 rings (SSSR count). The molecule has 0 bridgehead atoms. The van der Waals surface area contributed by atoms with Gasteiger partial charge in [0.25, 0.3) is 10.1 Å². The quantitative estimate of drug-likeness (QED) is 0.263. The van der Waals surface area contributed by atoms with Gasteiger partial charge in [0.2, 0.25) is 0 Å². The van der Waals surface area contributed by atoms with Crippen LogP contribution in [-0.4, -0.2) is 48.3 Å². The van der Waals surface area contributed by atoms with Crippen molar-refractivity contribution in [3.63, 3.8) is 0 Å². The van der Waals surface area contributed by atoms with Gasteiger partial charge in [0, 0.05) is 17.6 Å². The van der Waals surface area contributed by atoms with Crippen LogP contribution in [0.25, 0.3) is 0 Å². The summed E-state index contributed by atoms with van der Waals surface area (Å²) in [6, 6.07) is 0. The molecule has 0 unspecified atom stereocenters. The molecule has 0 N–H and O–H groups in total. The van der Waals surface area contributed by atoms with Gasteiger partial charge in [0.05, 0.1) is 19.5 Å². The van der Waals surface area contributed by atoms with Gasteiger partial charge in [0.15, 0.2) is 8.32 Å². The van der Waals surface area contributed by atoms with Gasteiger partial charge in [-0.3, -0.25) is 4.18 Å². The van der Waals surface area contributed by atoms with E-state index in [1.54, 1.807) is 0 Å². The average Bonchev–Trinajstić information content (AvgIpc) is 2.98. The molecular formula is C26H46O6SSi. The summed E-state index contributed by atoms with van der Waals surface area (Å²) < 4.78 is 42.3. The van der Waals surface area contributed by atoms with Crippen LogP contribution in [0.3, 0.4) is 0 Å². The highest BCUT2D eigenvalue weighted by atomic mass is 32.2. The number of carbonyl (C=O) groups is 1. The minimum absolute atomic E-state index is 0.0391. The summed E-state index contributed by atoms with van der Waals surface area (Å²) in [5.74, 6) is 0.561. The van der Waals surface area contributed by atoms with E-state index in [4.69, 9.17) is 13.3 Å². The number of hydrogen-bond donors (Lipinski definition) is 0. The van der Waals surface area contributed by atoms with E-state index >= 15 is 0 Å². The zero-order valence-corrected chi connectivity index (χ0v) is 24.6. The molecule has 3 aliphatic rings. The van der Waals surface area contributed by atoms with Gasteiger partial charge < -0.3 is 9.16 Å². The Hall–Kier alpha value is -0.703. The Balaban J connectivity index is 2.05. The fourth-order valence-corrected chi connectivity index (χ4v) is 9.00. The number of rotatable bonds is 6. The fraction of sp³-hybridized carbons (Fsp3) is 0.885. The zero-order chi connectivity index (χ0) is 25.9. The first kappa shape index (κ1) is 27.9. The molecule has 0 aromatic heterocycles. The van der Waals surface area contributed by atoms with Crippen molar-refractivity contribution in [2.45, 2.75) is 97.6 Å². The summed E-state index contributed by atoms with van der Waals surface area (Å²) in [4.78, 5) is 13.0. The van der Waals surface area contributed by atoms with Crippen molar-refractivity contribution >= 4 is 24.4 Å². The number of hydrogen-bond acceptors (Lipinski definition) is 6. The molecule has 0 saturated heterocycles. The molecule has 196 valence electrons. The van der Waals surface area contributed by atoms with Crippen LogP contribution >= 0.6 is 0 Å². The smallest absolute Gasteiger partial charge is 0.333 e. The Kier molecular flexibility index (Phi) is 7.63. The summed E-state index contributed by atoms with van der Waals surface area (Å²) in [6.07, 6.45) is 6.44. The van der Waals surface area contributed by atoms with Crippen LogP contribution in [0.4, 0.5) is 0 Å². The molecule has 0 heterocycles. The van der Waals surface area contributed by atoms with Crippen molar-refractivity contribution in [1.82, 2.24) is 0 Å². The number of carbonyl (C=O) groups excluding carboxylic acids is 1. The molecule has 0 spiro atoms. The predicted molar refractivity (Wildman–Crippen MR) is 137 cm³/mol. The highest BCUT2D eigenvalue weighted by Gasteiger charge is 2.60. The van der Waals surface area contributed by atoms with Gasteiger partial charge in [-0.25, -0.2) is 4.79 Å². The molecule has 8 heteroatoms. The SMILES string of the molecule is COC(=O)C1=C[C@@]2(C)[C@@H]3CC[C@@H](C)C[C@H]3[C@H](OS(C)(=O)=O)C[C@H]2[C@@H]1[C@H](C)O[Si](C)(C)C(C)(C)C. The van der Waals surface area contributed by atoms with E-state index in [-0.39, 0.29) is 52.3 Å². The van der Waals surface area contributed by atoms with E-state index in [1.807, 2.05) is 0 Å². The zero-order valence-electron chi connectivity index (χ0n) is 22.8. The minimum atomic E-state index is -3.59. The van der Waals surface area contributed by atoms with Gasteiger partial charge in [0.1, 0.15) is 0 Å². The van der Waals surface area contributed by atoms with Gasteiger partial charge >= 0.3 is 5.97 Å². The molecule has 8 atom stereocenters. The second-order valence-electron chi connectivity index (χ2n) is 12.9. The Bertz CT molecular complexity index is 920. The maximum atomic E-state index is 13.0. The molecule has 6 nitrogen and oxygen atoms in total. The first-order chi connectivity index (χ1) is 15.4. The number of methoxy groups -OCH3 is 1. The van der Waals surface area contributed by atoms with Crippen molar-refractivity contribution in [3.8, 4) is 0 Å². The molecule has 0 aromatic rings. The highest BCUT2D eigenvalue weighted by Crippen LogP contribution is 2.63. The maximum absolute atomic E-state index is 13.0. The van der Waals surface area contributed by atoms with Crippen molar-refractivity contribution in [3.05, 3.63) is 11.6 Å². The van der Waals surface area contributed by atoms with Crippen LogP contribution in [0.1, 0.15) is 67.2 Å². The molecule has 0 aliphatic heterocycles. The third-order valence-electron chi connectivity index (χ3n) is 9.49. The van der Waals surface area contributed by atoms with E-state index in [9.17, 15) is 13.2 Å². The molecule has 0 amide bonds. The number of fused-ring (bicyclic) bond motifs is 3. The lowest BCUT2D eigenvalue weighted by atomic mass is 9.51. The Morgan fingerprint density at radius 3 is 2.32 bits per heavy atom. The third kappa shape index (κ3) is 5.20. The summed E-state index contributed by atoms with van der Waals surface area (Å²) in [5.41, 5.74) is 0.472.